The number of urea groups is 1. The van der Waals surface area contributed by atoms with Gasteiger partial charge in [-0.25, -0.2) is 4.79 Å². The second kappa shape index (κ2) is 7.29. The SMILES string of the molecule is CCOc1cc(C(N)=S)ccc1OCC(=O)NC(N)=O. The molecule has 3 amide bonds. The van der Waals surface area contributed by atoms with Crippen molar-refractivity contribution in [1.82, 2.24) is 5.32 Å². The third-order valence-electron chi connectivity index (χ3n) is 2.15. The van der Waals surface area contributed by atoms with Crippen LogP contribution in [0.5, 0.6) is 11.5 Å². The van der Waals surface area contributed by atoms with Crippen LogP contribution in [0.15, 0.2) is 18.2 Å². The standard InChI is InChI=1S/C12H15N3O4S/c1-2-18-9-5-7(11(13)20)3-4-8(9)19-6-10(16)15-12(14)17/h3-5H,2,6H2,1H3,(H2,13,20)(H3,14,15,16,17). The van der Waals surface area contributed by atoms with Gasteiger partial charge >= 0.3 is 6.03 Å². The predicted molar refractivity (Wildman–Crippen MR) is 76.7 cm³/mol. The molecule has 1 rings (SSSR count). The van der Waals surface area contributed by atoms with Gasteiger partial charge in [-0.2, -0.15) is 0 Å². The Balaban J connectivity index is 2.80. The summed E-state index contributed by atoms with van der Waals surface area (Å²) in [5, 5.41) is 1.89. The fraction of sp³-hybridized carbons (Fsp3) is 0.250. The van der Waals surface area contributed by atoms with Crippen molar-refractivity contribution in [3.8, 4) is 11.5 Å². The summed E-state index contributed by atoms with van der Waals surface area (Å²) >= 11 is 4.87. The molecule has 0 radical (unpaired) electrons. The highest BCUT2D eigenvalue weighted by Crippen LogP contribution is 2.28. The van der Waals surface area contributed by atoms with Crippen molar-refractivity contribution in [3.05, 3.63) is 23.8 Å². The predicted octanol–water partition coefficient (Wildman–Crippen LogP) is 0.293. The highest BCUT2D eigenvalue weighted by atomic mass is 32.1. The fourth-order valence-corrected chi connectivity index (χ4v) is 1.49. The molecule has 1 aromatic carbocycles. The minimum absolute atomic E-state index is 0.226. The normalized spacial score (nSPS) is 9.65. The molecule has 108 valence electrons. The lowest BCUT2D eigenvalue weighted by molar-refractivity contribution is -0.121. The van der Waals surface area contributed by atoms with E-state index in [4.69, 9.17) is 33.2 Å². The average Bonchev–Trinajstić information content (AvgIpc) is 2.36. The number of thiocarbonyl (C=S) groups is 1. The Morgan fingerprint density at radius 1 is 1.25 bits per heavy atom. The van der Waals surface area contributed by atoms with Crippen LogP contribution in [0.4, 0.5) is 4.79 Å². The molecule has 0 saturated carbocycles. The zero-order valence-electron chi connectivity index (χ0n) is 10.8. The lowest BCUT2D eigenvalue weighted by atomic mass is 10.2. The number of benzene rings is 1. The maximum Gasteiger partial charge on any atom is 0.318 e. The Labute approximate surface area is 121 Å². The molecule has 0 saturated heterocycles. The van der Waals surface area contributed by atoms with Crippen LogP contribution in [0, 0.1) is 0 Å². The number of carbonyl (C=O) groups excluding carboxylic acids is 2. The number of imide groups is 1. The number of nitrogens with two attached hydrogens (primary N) is 2. The van der Waals surface area contributed by atoms with Crippen molar-refractivity contribution in [2.75, 3.05) is 13.2 Å². The molecular weight excluding hydrogens is 282 g/mol. The van der Waals surface area contributed by atoms with Crippen molar-refractivity contribution in [1.29, 1.82) is 0 Å². The molecule has 0 heterocycles. The molecule has 1 aromatic rings. The van der Waals surface area contributed by atoms with E-state index in [9.17, 15) is 9.59 Å². The highest BCUT2D eigenvalue weighted by molar-refractivity contribution is 7.80. The van der Waals surface area contributed by atoms with E-state index in [1.54, 1.807) is 25.1 Å². The summed E-state index contributed by atoms with van der Waals surface area (Å²) in [5.41, 5.74) is 11.0. The summed E-state index contributed by atoms with van der Waals surface area (Å²) in [4.78, 5) is 22.0. The number of hydrogen-bond donors (Lipinski definition) is 3. The van der Waals surface area contributed by atoms with E-state index in [0.717, 1.165) is 0 Å². The van der Waals surface area contributed by atoms with Crippen LogP contribution in [0.3, 0.4) is 0 Å². The number of nitrogens with one attached hydrogen (secondary N) is 1. The zero-order valence-corrected chi connectivity index (χ0v) is 11.7. The van der Waals surface area contributed by atoms with Gasteiger partial charge < -0.3 is 20.9 Å². The summed E-state index contributed by atoms with van der Waals surface area (Å²) in [6.45, 7) is 1.84. The van der Waals surface area contributed by atoms with Gasteiger partial charge in [-0.1, -0.05) is 12.2 Å². The summed E-state index contributed by atoms with van der Waals surface area (Å²) in [6, 6.07) is 3.91. The van der Waals surface area contributed by atoms with E-state index in [0.29, 0.717) is 23.7 Å². The number of hydrogen-bond acceptors (Lipinski definition) is 5. The van der Waals surface area contributed by atoms with Crippen LogP contribution in [-0.2, 0) is 4.79 Å². The molecule has 0 aliphatic carbocycles. The Bertz CT molecular complexity index is 533. The Morgan fingerprint density at radius 2 is 1.95 bits per heavy atom. The first-order valence-corrected chi connectivity index (χ1v) is 6.13. The molecule has 8 heteroatoms. The third-order valence-corrected chi connectivity index (χ3v) is 2.39. The molecular formula is C12H15N3O4S. The first-order chi connectivity index (χ1) is 9.43. The van der Waals surface area contributed by atoms with Crippen molar-refractivity contribution in [2.24, 2.45) is 11.5 Å². The van der Waals surface area contributed by atoms with Crippen LogP contribution < -0.4 is 26.3 Å². The second-order valence-corrected chi connectivity index (χ2v) is 4.10. The van der Waals surface area contributed by atoms with E-state index in [2.05, 4.69) is 0 Å². The molecule has 20 heavy (non-hydrogen) atoms. The topological polar surface area (TPSA) is 117 Å². The second-order valence-electron chi connectivity index (χ2n) is 3.66. The third kappa shape index (κ3) is 4.73. The largest absolute Gasteiger partial charge is 0.490 e. The van der Waals surface area contributed by atoms with E-state index < -0.39 is 11.9 Å². The maximum absolute atomic E-state index is 11.3. The van der Waals surface area contributed by atoms with Gasteiger partial charge in [0.1, 0.15) is 4.99 Å². The highest BCUT2D eigenvalue weighted by Gasteiger charge is 2.11. The molecule has 0 spiro atoms. The minimum Gasteiger partial charge on any atom is -0.490 e. The average molecular weight is 297 g/mol. The molecule has 5 N–H and O–H groups in total. The first kappa shape index (κ1) is 15.7. The molecule has 7 nitrogen and oxygen atoms in total. The molecule has 0 atom stereocenters. The quantitative estimate of drug-likeness (QED) is 0.650. The lowest BCUT2D eigenvalue weighted by Crippen LogP contribution is -2.38. The van der Waals surface area contributed by atoms with Gasteiger partial charge in [0.25, 0.3) is 5.91 Å². The smallest absolute Gasteiger partial charge is 0.318 e. The maximum atomic E-state index is 11.3. The number of primary amides is 1. The van der Waals surface area contributed by atoms with Crippen molar-refractivity contribution in [3.63, 3.8) is 0 Å². The zero-order chi connectivity index (χ0) is 15.1. The number of amides is 3. The van der Waals surface area contributed by atoms with Gasteiger partial charge in [0.2, 0.25) is 0 Å². The Hall–Kier alpha value is -2.35. The number of rotatable bonds is 6. The van der Waals surface area contributed by atoms with Crippen molar-refractivity contribution < 1.29 is 19.1 Å². The van der Waals surface area contributed by atoms with Crippen LogP contribution in [-0.4, -0.2) is 30.1 Å². The van der Waals surface area contributed by atoms with Gasteiger partial charge in [-0.3, -0.25) is 10.1 Å². The monoisotopic (exact) mass is 297 g/mol. The molecule has 0 aliphatic heterocycles. The van der Waals surface area contributed by atoms with Crippen molar-refractivity contribution >= 4 is 29.1 Å². The van der Waals surface area contributed by atoms with Crippen molar-refractivity contribution in [2.45, 2.75) is 6.92 Å². The molecule has 0 aliphatic rings. The van der Waals surface area contributed by atoms with Crippen LogP contribution in [0.2, 0.25) is 0 Å². The molecule has 0 bridgehead atoms. The first-order valence-electron chi connectivity index (χ1n) is 5.72. The lowest BCUT2D eigenvalue weighted by Gasteiger charge is -2.12. The summed E-state index contributed by atoms with van der Waals surface area (Å²) in [7, 11) is 0. The van der Waals surface area contributed by atoms with E-state index >= 15 is 0 Å². The Kier molecular flexibility index (Phi) is 5.73. The molecule has 0 aromatic heterocycles. The summed E-state index contributed by atoms with van der Waals surface area (Å²) < 4.78 is 10.6. The van der Waals surface area contributed by atoms with E-state index in [1.165, 1.54) is 0 Å². The van der Waals surface area contributed by atoms with Gasteiger partial charge in [-0.15, -0.1) is 0 Å². The number of carbonyl (C=O) groups is 2. The van der Waals surface area contributed by atoms with Gasteiger partial charge in [-0.05, 0) is 25.1 Å². The van der Waals surface area contributed by atoms with Gasteiger partial charge in [0, 0.05) is 5.56 Å². The van der Waals surface area contributed by atoms with Gasteiger partial charge in [0.05, 0.1) is 6.61 Å². The Morgan fingerprint density at radius 3 is 2.50 bits per heavy atom. The molecule has 0 unspecified atom stereocenters. The van der Waals surface area contributed by atoms with E-state index in [-0.39, 0.29) is 11.6 Å². The minimum atomic E-state index is -0.938. The molecule has 0 fully saturated rings. The fourth-order valence-electron chi connectivity index (χ4n) is 1.37. The number of ether oxygens (including phenoxy) is 2. The van der Waals surface area contributed by atoms with Crippen LogP contribution in [0.1, 0.15) is 12.5 Å². The summed E-state index contributed by atoms with van der Waals surface area (Å²) in [6.07, 6.45) is 0. The van der Waals surface area contributed by atoms with Gasteiger partial charge in [0.15, 0.2) is 18.1 Å². The van der Waals surface area contributed by atoms with Crippen LogP contribution >= 0.6 is 12.2 Å². The van der Waals surface area contributed by atoms with Crippen LogP contribution in [0.25, 0.3) is 0 Å². The summed E-state index contributed by atoms with van der Waals surface area (Å²) in [5.74, 6) is 0.0921. The van der Waals surface area contributed by atoms with E-state index in [1.807, 2.05) is 5.32 Å².